The normalized spacial score (nSPS) is 10.2. The third-order valence-electron chi connectivity index (χ3n) is 4.21. The van der Waals surface area contributed by atoms with Crippen LogP contribution in [-0.2, 0) is 4.74 Å². The van der Waals surface area contributed by atoms with Crippen LogP contribution >= 0.6 is 0 Å². The lowest BCUT2D eigenvalue weighted by Crippen LogP contribution is -2.00. The zero-order valence-electron chi connectivity index (χ0n) is 15.8. The summed E-state index contributed by atoms with van der Waals surface area (Å²) in [5.74, 6) is 6.58. The highest BCUT2D eigenvalue weighted by molar-refractivity contribution is 5.89. The monoisotopic (exact) mass is 368 g/mol. The maximum atomic E-state index is 11.5. The lowest BCUT2D eigenvalue weighted by Gasteiger charge is -2.07. The minimum Gasteiger partial charge on any atom is -0.497 e. The average Bonchev–Trinajstić information content (AvgIpc) is 2.77. The smallest absolute Gasteiger partial charge is 0.337 e. The van der Waals surface area contributed by atoms with E-state index in [4.69, 9.17) is 9.47 Å². The topological polar surface area (TPSA) is 35.5 Å². The van der Waals surface area contributed by atoms with E-state index in [-0.39, 0.29) is 5.97 Å². The molecule has 3 heteroatoms. The number of carbonyl (C=O) groups excluding carboxylic acids is 1. The van der Waals surface area contributed by atoms with Gasteiger partial charge in [0.05, 0.1) is 19.8 Å². The summed E-state index contributed by atoms with van der Waals surface area (Å²) < 4.78 is 10.0. The predicted molar refractivity (Wildman–Crippen MR) is 112 cm³/mol. The zero-order chi connectivity index (χ0) is 19.8. The van der Waals surface area contributed by atoms with Crippen LogP contribution in [0.5, 0.6) is 5.75 Å². The van der Waals surface area contributed by atoms with Crippen LogP contribution in [-0.4, -0.2) is 20.2 Å². The molecule has 0 N–H and O–H groups in total. The summed E-state index contributed by atoms with van der Waals surface area (Å²) in [6.45, 7) is 0. The molecule has 0 bridgehead atoms. The minimum atomic E-state index is -0.353. The van der Waals surface area contributed by atoms with Gasteiger partial charge in [-0.1, -0.05) is 48.2 Å². The Kier molecular flexibility index (Phi) is 6.28. The van der Waals surface area contributed by atoms with Crippen LogP contribution in [0.25, 0.3) is 17.2 Å². The van der Waals surface area contributed by atoms with Crippen molar-refractivity contribution < 1.29 is 14.3 Å². The first-order chi connectivity index (χ1) is 13.7. The molecule has 28 heavy (non-hydrogen) atoms. The molecule has 0 radical (unpaired) electrons. The maximum absolute atomic E-state index is 11.5. The molecule has 0 unspecified atom stereocenters. The van der Waals surface area contributed by atoms with Crippen molar-refractivity contribution >= 4 is 12.0 Å². The standard InChI is InChI=1S/C25H20O3/c1-27-23-12-7-11-22(18-23)24-13-6-5-10-20(24)9-4-3-8-19-14-16-21(17-15-19)25(26)28-2/h4-7,9-18H,1-2H3/b9-4+. The number of methoxy groups -OCH3 is 2. The maximum Gasteiger partial charge on any atom is 0.337 e. The molecule has 0 aliphatic rings. The molecule has 0 aliphatic heterocycles. The Morgan fingerprint density at radius 1 is 0.929 bits per heavy atom. The van der Waals surface area contributed by atoms with Crippen LogP contribution in [0, 0.1) is 11.8 Å². The van der Waals surface area contributed by atoms with Gasteiger partial charge in [-0.3, -0.25) is 0 Å². The first-order valence-electron chi connectivity index (χ1n) is 8.81. The van der Waals surface area contributed by atoms with Crippen LogP contribution in [0.2, 0.25) is 0 Å². The average molecular weight is 368 g/mol. The van der Waals surface area contributed by atoms with Crippen LogP contribution in [0.15, 0.2) is 78.9 Å². The fourth-order valence-corrected chi connectivity index (χ4v) is 2.76. The van der Waals surface area contributed by atoms with Gasteiger partial charge in [0.1, 0.15) is 5.75 Å². The number of benzene rings is 3. The third-order valence-corrected chi connectivity index (χ3v) is 4.21. The van der Waals surface area contributed by atoms with Crippen molar-refractivity contribution in [2.24, 2.45) is 0 Å². The first kappa shape index (κ1) is 19.0. The van der Waals surface area contributed by atoms with Crippen molar-refractivity contribution in [3.63, 3.8) is 0 Å². The van der Waals surface area contributed by atoms with E-state index in [1.807, 2.05) is 42.5 Å². The number of hydrogen-bond donors (Lipinski definition) is 0. The second-order valence-electron chi connectivity index (χ2n) is 5.99. The summed E-state index contributed by atoms with van der Waals surface area (Å²) in [6.07, 6.45) is 3.82. The summed E-state index contributed by atoms with van der Waals surface area (Å²) >= 11 is 0. The van der Waals surface area contributed by atoms with Gasteiger partial charge in [-0.2, -0.15) is 0 Å². The molecule has 3 rings (SSSR count). The molecule has 0 heterocycles. The van der Waals surface area contributed by atoms with E-state index in [0.717, 1.165) is 28.0 Å². The number of carbonyl (C=O) groups is 1. The van der Waals surface area contributed by atoms with Gasteiger partial charge in [0, 0.05) is 5.56 Å². The lowest BCUT2D eigenvalue weighted by atomic mass is 9.99. The Morgan fingerprint density at radius 3 is 2.46 bits per heavy atom. The van der Waals surface area contributed by atoms with Crippen LogP contribution in [0.1, 0.15) is 21.5 Å². The highest BCUT2D eigenvalue weighted by Gasteiger charge is 2.04. The molecule has 0 fully saturated rings. The van der Waals surface area contributed by atoms with Crippen molar-refractivity contribution in [1.29, 1.82) is 0 Å². The van der Waals surface area contributed by atoms with E-state index < -0.39 is 0 Å². The molecule has 0 aromatic heterocycles. The van der Waals surface area contributed by atoms with Gasteiger partial charge in [-0.25, -0.2) is 4.79 Å². The second kappa shape index (κ2) is 9.25. The summed E-state index contributed by atoms with van der Waals surface area (Å²) in [6, 6.07) is 23.1. The van der Waals surface area contributed by atoms with Gasteiger partial charge >= 0.3 is 5.97 Å². The van der Waals surface area contributed by atoms with E-state index in [1.165, 1.54) is 7.11 Å². The number of rotatable bonds is 4. The van der Waals surface area contributed by atoms with E-state index in [0.29, 0.717) is 5.56 Å². The summed E-state index contributed by atoms with van der Waals surface area (Å²) in [5.41, 5.74) is 4.62. The largest absolute Gasteiger partial charge is 0.497 e. The molecule has 0 amide bonds. The second-order valence-corrected chi connectivity index (χ2v) is 5.99. The van der Waals surface area contributed by atoms with Crippen molar-refractivity contribution in [3.05, 3.63) is 95.6 Å². The van der Waals surface area contributed by atoms with Gasteiger partial charge in [-0.15, -0.1) is 0 Å². The Balaban J connectivity index is 1.79. The highest BCUT2D eigenvalue weighted by atomic mass is 16.5. The Bertz CT molecular complexity index is 1050. The SMILES string of the molecule is COC(=O)c1ccc(C#C/C=C/c2ccccc2-c2cccc(OC)c2)cc1. The Hall–Kier alpha value is -3.77. The van der Waals surface area contributed by atoms with Crippen molar-refractivity contribution in [2.75, 3.05) is 14.2 Å². The first-order valence-corrected chi connectivity index (χ1v) is 8.81. The molecular formula is C25H20O3. The highest BCUT2D eigenvalue weighted by Crippen LogP contribution is 2.27. The van der Waals surface area contributed by atoms with Gasteiger partial charge < -0.3 is 9.47 Å². The number of allylic oxidation sites excluding steroid dienone is 1. The van der Waals surface area contributed by atoms with Crippen LogP contribution in [0.3, 0.4) is 0 Å². The molecule has 0 aliphatic carbocycles. The Labute approximate surface area is 165 Å². The fourth-order valence-electron chi connectivity index (χ4n) is 2.76. The Morgan fingerprint density at radius 2 is 1.71 bits per heavy atom. The van der Waals surface area contributed by atoms with Crippen LogP contribution in [0.4, 0.5) is 0 Å². The molecular weight excluding hydrogens is 348 g/mol. The molecule has 3 aromatic rings. The molecule has 0 saturated carbocycles. The number of hydrogen-bond acceptors (Lipinski definition) is 3. The van der Waals surface area contributed by atoms with Crippen LogP contribution < -0.4 is 4.74 Å². The van der Waals surface area contributed by atoms with E-state index in [1.54, 1.807) is 31.4 Å². The summed E-state index contributed by atoms with van der Waals surface area (Å²) in [7, 11) is 3.03. The van der Waals surface area contributed by atoms with E-state index in [2.05, 4.69) is 30.0 Å². The lowest BCUT2D eigenvalue weighted by molar-refractivity contribution is 0.0600. The van der Waals surface area contributed by atoms with Gasteiger partial charge in [0.2, 0.25) is 0 Å². The number of esters is 1. The third kappa shape index (κ3) is 4.69. The van der Waals surface area contributed by atoms with Gasteiger partial charge in [-0.05, 0) is 65.2 Å². The molecule has 0 atom stereocenters. The summed E-state index contributed by atoms with van der Waals surface area (Å²) in [5, 5.41) is 0. The van der Waals surface area contributed by atoms with Crippen molar-refractivity contribution in [1.82, 2.24) is 0 Å². The molecule has 3 nitrogen and oxygen atoms in total. The molecule has 0 saturated heterocycles. The minimum absolute atomic E-state index is 0.353. The zero-order valence-corrected chi connectivity index (χ0v) is 15.8. The molecule has 0 spiro atoms. The fraction of sp³-hybridized carbons (Fsp3) is 0.0800. The van der Waals surface area contributed by atoms with E-state index in [9.17, 15) is 4.79 Å². The quantitative estimate of drug-likeness (QED) is 0.468. The van der Waals surface area contributed by atoms with Gasteiger partial charge in [0.15, 0.2) is 0 Å². The van der Waals surface area contributed by atoms with Crippen molar-refractivity contribution in [3.8, 4) is 28.7 Å². The predicted octanol–water partition coefficient (Wildman–Crippen LogP) is 5.21. The van der Waals surface area contributed by atoms with Crippen molar-refractivity contribution in [2.45, 2.75) is 0 Å². The molecule has 3 aromatic carbocycles. The van der Waals surface area contributed by atoms with Gasteiger partial charge in [0.25, 0.3) is 0 Å². The molecule has 138 valence electrons. The summed E-state index contributed by atoms with van der Waals surface area (Å²) in [4.78, 5) is 11.5. The van der Waals surface area contributed by atoms with E-state index >= 15 is 0 Å². The number of ether oxygens (including phenoxy) is 2.